The van der Waals surface area contributed by atoms with E-state index in [1.807, 2.05) is 0 Å². The van der Waals surface area contributed by atoms with E-state index in [2.05, 4.69) is 65.6 Å². The van der Waals surface area contributed by atoms with Gasteiger partial charge in [-0.2, -0.15) is 18.2 Å². The van der Waals surface area contributed by atoms with Gasteiger partial charge in [-0.25, -0.2) is 4.98 Å². The number of aromatic nitrogens is 3. The van der Waals surface area contributed by atoms with E-state index in [9.17, 15) is 13.2 Å². The standard InChI is InChI=1S/C24H26F3N5OSi/c1-23(2,3)34(4,5)13-11-17-14-21(32-22(28)31-17)30-16-6-8-18(9-7-16)33-19-10-12-29-20(15-19)24(25,26)27/h6-10,12,14-15H,1-5H3,(H3,28,30,31,32). The third-order valence-corrected chi connectivity index (χ3v) is 10.0. The molecule has 0 unspecified atom stereocenters. The van der Waals surface area contributed by atoms with Crippen molar-refractivity contribution in [3.63, 3.8) is 0 Å². The Balaban J connectivity index is 1.74. The van der Waals surface area contributed by atoms with Crippen molar-refractivity contribution in [3.05, 3.63) is 60.0 Å². The number of hydrogen-bond acceptors (Lipinski definition) is 6. The van der Waals surface area contributed by atoms with Crippen LogP contribution in [0.1, 0.15) is 32.2 Å². The molecule has 0 bridgehead atoms. The Morgan fingerprint density at radius 2 is 1.65 bits per heavy atom. The van der Waals surface area contributed by atoms with Gasteiger partial charge in [-0.1, -0.05) is 39.8 Å². The summed E-state index contributed by atoms with van der Waals surface area (Å²) < 4.78 is 44.0. The van der Waals surface area contributed by atoms with Gasteiger partial charge >= 0.3 is 6.18 Å². The first-order valence-electron chi connectivity index (χ1n) is 10.5. The Hall–Kier alpha value is -3.58. The summed E-state index contributed by atoms with van der Waals surface area (Å²) in [7, 11) is -1.81. The van der Waals surface area contributed by atoms with E-state index in [4.69, 9.17) is 10.5 Å². The molecule has 34 heavy (non-hydrogen) atoms. The summed E-state index contributed by atoms with van der Waals surface area (Å²) in [5, 5.41) is 3.25. The first-order chi connectivity index (χ1) is 15.7. The number of pyridine rings is 1. The number of nitrogen functional groups attached to an aromatic ring is 1. The summed E-state index contributed by atoms with van der Waals surface area (Å²) in [6, 6.07) is 10.6. The molecule has 6 nitrogen and oxygen atoms in total. The summed E-state index contributed by atoms with van der Waals surface area (Å²) in [6.45, 7) is 11.0. The van der Waals surface area contributed by atoms with Crippen LogP contribution >= 0.6 is 0 Å². The molecule has 3 aromatic rings. The van der Waals surface area contributed by atoms with Crippen LogP contribution in [0.5, 0.6) is 11.5 Å². The molecule has 2 heterocycles. The first-order valence-corrected chi connectivity index (χ1v) is 13.5. The van der Waals surface area contributed by atoms with Gasteiger partial charge in [0, 0.05) is 24.0 Å². The fourth-order valence-electron chi connectivity index (χ4n) is 2.52. The van der Waals surface area contributed by atoms with Crippen molar-refractivity contribution in [1.82, 2.24) is 15.0 Å². The zero-order valence-electron chi connectivity index (χ0n) is 19.6. The quantitative estimate of drug-likeness (QED) is 0.328. The number of rotatable bonds is 4. The van der Waals surface area contributed by atoms with E-state index in [0.717, 1.165) is 12.3 Å². The van der Waals surface area contributed by atoms with Crippen LogP contribution in [-0.2, 0) is 6.18 Å². The van der Waals surface area contributed by atoms with Gasteiger partial charge in [-0.15, -0.1) is 5.54 Å². The van der Waals surface area contributed by atoms with Crippen LogP contribution in [-0.4, -0.2) is 23.0 Å². The van der Waals surface area contributed by atoms with Crippen molar-refractivity contribution in [2.24, 2.45) is 0 Å². The van der Waals surface area contributed by atoms with Gasteiger partial charge in [0.1, 0.15) is 36.8 Å². The van der Waals surface area contributed by atoms with E-state index < -0.39 is 19.9 Å². The van der Waals surface area contributed by atoms with Gasteiger partial charge in [0.05, 0.1) is 0 Å². The Morgan fingerprint density at radius 1 is 0.971 bits per heavy atom. The topological polar surface area (TPSA) is 86.0 Å². The number of benzene rings is 1. The smallest absolute Gasteiger partial charge is 0.433 e. The van der Waals surface area contributed by atoms with Crippen molar-refractivity contribution in [1.29, 1.82) is 0 Å². The van der Waals surface area contributed by atoms with Crippen molar-refractivity contribution < 1.29 is 17.9 Å². The summed E-state index contributed by atoms with van der Waals surface area (Å²) in [4.78, 5) is 11.7. The lowest BCUT2D eigenvalue weighted by Gasteiger charge is -2.31. The molecule has 0 amide bonds. The van der Waals surface area contributed by atoms with Crippen LogP contribution in [0.15, 0.2) is 48.7 Å². The van der Waals surface area contributed by atoms with Crippen molar-refractivity contribution in [2.75, 3.05) is 11.1 Å². The van der Waals surface area contributed by atoms with E-state index in [1.165, 1.54) is 6.07 Å². The van der Waals surface area contributed by atoms with E-state index >= 15 is 0 Å². The molecule has 0 aliphatic heterocycles. The molecule has 0 atom stereocenters. The highest BCUT2D eigenvalue weighted by Gasteiger charge is 2.34. The third kappa shape index (κ3) is 6.48. The van der Waals surface area contributed by atoms with Crippen molar-refractivity contribution in [2.45, 2.75) is 45.1 Å². The minimum atomic E-state index is -4.54. The Bertz CT molecular complexity index is 1230. The number of nitrogens with one attached hydrogen (secondary N) is 1. The van der Waals surface area contributed by atoms with Crippen LogP contribution in [0.4, 0.5) is 30.6 Å². The number of ether oxygens (including phenoxy) is 1. The SMILES string of the molecule is CC(C)(C)[Si](C)(C)C#Cc1cc(Nc2ccc(Oc3ccnc(C(F)(F)F)c3)cc2)nc(N)n1. The summed E-state index contributed by atoms with van der Waals surface area (Å²) in [5.41, 5.74) is 9.46. The molecule has 0 aliphatic rings. The Kier molecular flexibility index (Phi) is 6.88. The molecule has 3 N–H and O–H groups in total. The second kappa shape index (κ2) is 9.35. The van der Waals surface area contributed by atoms with Gasteiger partial charge < -0.3 is 15.8 Å². The predicted octanol–water partition coefficient (Wildman–Crippen LogP) is 6.41. The van der Waals surface area contributed by atoms with Crippen LogP contribution < -0.4 is 15.8 Å². The number of halogens is 3. The monoisotopic (exact) mass is 485 g/mol. The number of anilines is 3. The van der Waals surface area contributed by atoms with Crippen molar-refractivity contribution in [3.8, 4) is 23.0 Å². The van der Waals surface area contributed by atoms with E-state index in [1.54, 1.807) is 30.3 Å². The largest absolute Gasteiger partial charge is 0.457 e. The summed E-state index contributed by atoms with van der Waals surface area (Å²) >= 11 is 0. The number of alkyl halides is 3. The van der Waals surface area contributed by atoms with E-state index in [-0.39, 0.29) is 16.7 Å². The van der Waals surface area contributed by atoms with Crippen LogP contribution in [0.3, 0.4) is 0 Å². The summed E-state index contributed by atoms with van der Waals surface area (Å²) in [6.07, 6.45) is -3.49. The minimum Gasteiger partial charge on any atom is -0.457 e. The van der Waals surface area contributed by atoms with E-state index in [0.29, 0.717) is 22.9 Å². The van der Waals surface area contributed by atoms with Gasteiger partial charge in [0.25, 0.3) is 0 Å². The lowest BCUT2D eigenvalue weighted by molar-refractivity contribution is -0.141. The molecule has 0 spiro atoms. The normalized spacial score (nSPS) is 12.0. The maximum atomic E-state index is 12.8. The van der Waals surface area contributed by atoms with Gasteiger partial charge in [-0.05, 0) is 35.4 Å². The molecule has 0 saturated carbocycles. The van der Waals surface area contributed by atoms with Gasteiger partial charge in [0.15, 0.2) is 0 Å². The van der Waals surface area contributed by atoms with Crippen molar-refractivity contribution >= 4 is 25.5 Å². The molecule has 0 fully saturated rings. The summed E-state index contributed by atoms with van der Waals surface area (Å²) in [5.74, 6) is 4.13. The highest BCUT2D eigenvalue weighted by molar-refractivity contribution is 6.87. The predicted molar refractivity (Wildman–Crippen MR) is 130 cm³/mol. The number of nitrogens with two attached hydrogens (primary N) is 1. The average Bonchev–Trinajstić information content (AvgIpc) is 2.72. The van der Waals surface area contributed by atoms with Crippen LogP contribution in [0, 0.1) is 11.5 Å². The molecule has 0 radical (unpaired) electrons. The molecular formula is C24H26F3N5OSi. The molecule has 178 valence electrons. The first kappa shape index (κ1) is 25.0. The fourth-order valence-corrected chi connectivity index (χ4v) is 3.34. The molecule has 3 rings (SSSR count). The lowest BCUT2D eigenvalue weighted by atomic mass is 10.2. The Morgan fingerprint density at radius 3 is 2.26 bits per heavy atom. The number of nitrogens with zero attached hydrogens (tertiary/aromatic N) is 3. The fraction of sp³-hybridized carbons (Fsp3) is 0.292. The molecule has 10 heteroatoms. The second-order valence-electron chi connectivity index (χ2n) is 9.25. The van der Waals surface area contributed by atoms with Gasteiger partial charge in [0.2, 0.25) is 5.95 Å². The maximum absolute atomic E-state index is 12.8. The molecule has 0 saturated heterocycles. The molecular weight excluding hydrogens is 459 g/mol. The van der Waals surface area contributed by atoms with Gasteiger partial charge in [-0.3, -0.25) is 4.98 Å². The van der Waals surface area contributed by atoms with Crippen LogP contribution in [0.2, 0.25) is 18.1 Å². The zero-order valence-corrected chi connectivity index (χ0v) is 20.6. The van der Waals surface area contributed by atoms with Crippen LogP contribution in [0.25, 0.3) is 0 Å². The minimum absolute atomic E-state index is 0.0385. The third-order valence-electron chi connectivity index (χ3n) is 5.51. The number of hydrogen-bond donors (Lipinski definition) is 2. The second-order valence-corrected chi connectivity index (χ2v) is 14.2. The Labute approximate surface area is 197 Å². The highest BCUT2D eigenvalue weighted by atomic mass is 28.3. The zero-order chi connectivity index (χ0) is 25.1. The average molecular weight is 486 g/mol. The molecule has 2 aromatic heterocycles. The highest BCUT2D eigenvalue weighted by Crippen LogP contribution is 2.35. The maximum Gasteiger partial charge on any atom is 0.433 e. The lowest BCUT2D eigenvalue weighted by Crippen LogP contribution is -2.35. The molecule has 0 aliphatic carbocycles. The molecule has 1 aromatic carbocycles.